The molecule has 0 bridgehead atoms. The van der Waals surface area contributed by atoms with Crippen molar-refractivity contribution in [2.45, 2.75) is 45.6 Å². The Bertz CT molecular complexity index is 696. The second kappa shape index (κ2) is 11.5. The zero-order valence-electron chi connectivity index (χ0n) is 16.8. The van der Waals surface area contributed by atoms with Crippen molar-refractivity contribution in [3.05, 3.63) is 23.8 Å². The number of amides is 1. The molecule has 28 heavy (non-hydrogen) atoms. The monoisotopic (exact) mass is 406 g/mol. The zero-order chi connectivity index (χ0) is 20.4. The van der Waals surface area contributed by atoms with Crippen molar-refractivity contribution in [3.63, 3.8) is 0 Å². The van der Waals surface area contributed by atoms with Crippen LogP contribution in [0.5, 0.6) is 11.5 Å². The largest absolute Gasteiger partial charge is 0.493 e. The average molecular weight is 407 g/mol. The molecule has 1 saturated carbocycles. The number of carbonyl (C=O) groups is 1. The Morgan fingerprint density at radius 1 is 1.32 bits per heavy atom. The van der Waals surface area contributed by atoms with E-state index in [-0.39, 0.29) is 12.5 Å². The van der Waals surface area contributed by atoms with Crippen molar-refractivity contribution in [1.29, 1.82) is 0 Å². The smallest absolute Gasteiger partial charge is 0.257 e. The number of ether oxygens (including phenoxy) is 2. The van der Waals surface area contributed by atoms with Crippen LogP contribution in [0.15, 0.2) is 23.3 Å². The van der Waals surface area contributed by atoms with Crippen LogP contribution in [0.4, 0.5) is 0 Å². The van der Waals surface area contributed by atoms with Crippen LogP contribution in [0.1, 0.15) is 45.1 Å². The van der Waals surface area contributed by atoms with Gasteiger partial charge in [0.1, 0.15) is 0 Å². The summed E-state index contributed by atoms with van der Waals surface area (Å²) in [6.07, 6.45) is 6.57. The SMILES string of the molecule is CCNC(=O)COc1ccc(/C=N\NC(=S)N[C@@H]2CCCC[C@H]2C)cc1OC. The van der Waals surface area contributed by atoms with E-state index in [1.54, 1.807) is 25.5 Å². The Labute approximate surface area is 172 Å². The number of likely N-dealkylation sites (N-methyl/N-ethyl adjacent to an activating group) is 1. The molecule has 7 nitrogen and oxygen atoms in total. The Kier molecular flexibility index (Phi) is 9.00. The van der Waals surface area contributed by atoms with Crippen molar-refractivity contribution >= 4 is 29.5 Å². The number of methoxy groups -OCH3 is 1. The second-order valence-electron chi connectivity index (χ2n) is 6.86. The number of hydrogen-bond acceptors (Lipinski definition) is 5. The number of nitrogens with zero attached hydrogens (tertiary/aromatic N) is 1. The normalized spacial score (nSPS) is 19.1. The maximum atomic E-state index is 11.5. The highest BCUT2D eigenvalue weighted by Crippen LogP contribution is 2.27. The van der Waals surface area contributed by atoms with E-state index in [0.29, 0.717) is 35.1 Å². The predicted octanol–water partition coefficient (Wildman–Crippen LogP) is 2.59. The molecule has 1 aliphatic rings. The molecule has 3 N–H and O–H groups in total. The lowest BCUT2D eigenvalue weighted by Crippen LogP contribution is -2.44. The summed E-state index contributed by atoms with van der Waals surface area (Å²) in [4.78, 5) is 11.5. The van der Waals surface area contributed by atoms with E-state index < -0.39 is 0 Å². The average Bonchev–Trinajstić information content (AvgIpc) is 2.68. The van der Waals surface area contributed by atoms with Crippen molar-refractivity contribution in [1.82, 2.24) is 16.1 Å². The highest BCUT2D eigenvalue weighted by molar-refractivity contribution is 7.80. The fourth-order valence-corrected chi connectivity index (χ4v) is 3.38. The van der Waals surface area contributed by atoms with Gasteiger partial charge in [0.15, 0.2) is 23.2 Å². The van der Waals surface area contributed by atoms with Gasteiger partial charge in [-0.25, -0.2) is 0 Å². The molecule has 1 aromatic carbocycles. The quantitative estimate of drug-likeness (QED) is 0.350. The fourth-order valence-electron chi connectivity index (χ4n) is 3.17. The van der Waals surface area contributed by atoms with Crippen LogP contribution in [0.25, 0.3) is 0 Å². The van der Waals surface area contributed by atoms with Gasteiger partial charge >= 0.3 is 0 Å². The van der Waals surface area contributed by atoms with Crippen molar-refractivity contribution in [3.8, 4) is 11.5 Å². The van der Waals surface area contributed by atoms with Crippen LogP contribution in [-0.4, -0.2) is 43.5 Å². The van der Waals surface area contributed by atoms with Crippen molar-refractivity contribution < 1.29 is 14.3 Å². The second-order valence-corrected chi connectivity index (χ2v) is 7.27. The van der Waals surface area contributed by atoms with E-state index in [4.69, 9.17) is 21.7 Å². The molecule has 1 aromatic rings. The molecule has 2 rings (SSSR count). The fraction of sp³-hybridized carbons (Fsp3) is 0.550. The molecule has 0 saturated heterocycles. The predicted molar refractivity (Wildman–Crippen MR) is 115 cm³/mol. The first-order chi connectivity index (χ1) is 13.5. The molecular formula is C20H30N4O3S. The topological polar surface area (TPSA) is 84.0 Å². The van der Waals surface area contributed by atoms with E-state index >= 15 is 0 Å². The molecule has 0 spiro atoms. The summed E-state index contributed by atoms with van der Waals surface area (Å²) in [5.74, 6) is 1.48. The summed E-state index contributed by atoms with van der Waals surface area (Å²) >= 11 is 5.33. The third kappa shape index (κ3) is 6.99. The number of rotatable bonds is 8. The van der Waals surface area contributed by atoms with Crippen LogP contribution < -0.4 is 25.5 Å². The van der Waals surface area contributed by atoms with E-state index in [1.807, 2.05) is 13.0 Å². The van der Waals surface area contributed by atoms with Gasteiger partial charge in [0.05, 0.1) is 13.3 Å². The molecule has 0 aliphatic heterocycles. The number of hydrazone groups is 1. The third-order valence-electron chi connectivity index (χ3n) is 4.73. The molecule has 1 fully saturated rings. The summed E-state index contributed by atoms with van der Waals surface area (Å²) < 4.78 is 10.8. The van der Waals surface area contributed by atoms with E-state index in [0.717, 1.165) is 12.0 Å². The maximum absolute atomic E-state index is 11.5. The Morgan fingerprint density at radius 2 is 2.11 bits per heavy atom. The van der Waals surface area contributed by atoms with Gasteiger partial charge in [-0.15, -0.1) is 0 Å². The summed E-state index contributed by atoms with van der Waals surface area (Å²) in [5, 5.41) is 10.8. The number of benzene rings is 1. The maximum Gasteiger partial charge on any atom is 0.257 e. The molecule has 1 amide bonds. The molecule has 2 atom stereocenters. The first kappa shape index (κ1) is 21.9. The molecule has 8 heteroatoms. The number of thiocarbonyl (C=S) groups is 1. The molecule has 0 unspecified atom stereocenters. The summed E-state index contributed by atoms with van der Waals surface area (Å²) in [6.45, 7) is 4.62. The van der Waals surface area contributed by atoms with Crippen molar-refractivity contribution in [2.24, 2.45) is 11.0 Å². The molecule has 0 heterocycles. The summed E-state index contributed by atoms with van der Waals surface area (Å²) in [7, 11) is 1.55. The number of hydrogen-bond donors (Lipinski definition) is 3. The molecule has 0 radical (unpaired) electrons. The van der Waals surface area contributed by atoms with Gasteiger partial charge in [0, 0.05) is 12.6 Å². The lowest BCUT2D eigenvalue weighted by Gasteiger charge is -2.30. The molecule has 0 aromatic heterocycles. The highest BCUT2D eigenvalue weighted by atomic mass is 32.1. The van der Waals surface area contributed by atoms with Gasteiger partial charge in [0.2, 0.25) is 0 Å². The third-order valence-corrected chi connectivity index (χ3v) is 4.94. The van der Waals surface area contributed by atoms with Crippen LogP contribution in [-0.2, 0) is 4.79 Å². The lowest BCUT2D eigenvalue weighted by molar-refractivity contribution is -0.123. The van der Waals surface area contributed by atoms with Crippen LogP contribution >= 0.6 is 12.2 Å². The van der Waals surface area contributed by atoms with Gasteiger partial charge < -0.3 is 20.1 Å². The Hall–Kier alpha value is -2.35. The van der Waals surface area contributed by atoms with E-state index in [2.05, 4.69) is 28.1 Å². The summed E-state index contributed by atoms with van der Waals surface area (Å²) in [5.41, 5.74) is 3.69. The van der Waals surface area contributed by atoms with E-state index in [1.165, 1.54) is 19.3 Å². The first-order valence-corrected chi connectivity index (χ1v) is 10.1. The molecule has 1 aliphatic carbocycles. The van der Waals surface area contributed by atoms with Gasteiger partial charge in [-0.05, 0) is 61.7 Å². The molecular weight excluding hydrogens is 376 g/mol. The Balaban J connectivity index is 1.87. The van der Waals surface area contributed by atoms with Crippen LogP contribution in [0.3, 0.4) is 0 Å². The minimum atomic E-state index is -0.173. The molecule has 154 valence electrons. The van der Waals surface area contributed by atoms with Gasteiger partial charge in [-0.1, -0.05) is 19.8 Å². The van der Waals surface area contributed by atoms with Gasteiger partial charge in [-0.3, -0.25) is 10.2 Å². The Morgan fingerprint density at radius 3 is 2.82 bits per heavy atom. The zero-order valence-corrected chi connectivity index (χ0v) is 17.6. The van der Waals surface area contributed by atoms with Crippen LogP contribution in [0, 0.1) is 5.92 Å². The minimum absolute atomic E-state index is 0.0568. The van der Waals surface area contributed by atoms with Gasteiger partial charge in [0.25, 0.3) is 5.91 Å². The first-order valence-electron chi connectivity index (χ1n) is 9.70. The van der Waals surface area contributed by atoms with Gasteiger partial charge in [-0.2, -0.15) is 5.10 Å². The minimum Gasteiger partial charge on any atom is -0.493 e. The number of carbonyl (C=O) groups excluding carboxylic acids is 1. The standard InChI is InChI=1S/C20H30N4O3S/c1-4-21-19(25)13-27-17-10-9-15(11-18(17)26-3)12-22-24-20(28)23-16-8-6-5-7-14(16)2/h9-12,14,16H,4-8,13H2,1-3H3,(H,21,25)(H2,23,24,28)/b22-12-/t14-,16-/m1/s1. The van der Waals surface area contributed by atoms with Crippen LogP contribution in [0.2, 0.25) is 0 Å². The lowest BCUT2D eigenvalue weighted by atomic mass is 9.86. The number of nitrogens with one attached hydrogen (secondary N) is 3. The summed E-state index contributed by atoms with van der Waals surface area (Å²) in [6, 6.07) is 5.78. The van der Waals surface area contributed by atoms with Crippen molar-refractivity contribution in [2.75, 3.05) is 20.3 Å². The van der Waals surface area contributed by atoms with E-state index in [9.17, 15) is 4.79 Å². The highest BCUT2D eigenvalue weighted by Gasteiger charge is 2.21.